The van der Waals surface area contributed by atoms with E-state index in [1.165, 1.54) is 27.4 Å². The van der Waals surface area contributed by atoms with Crippen LogP contribution in [-0.4, -0.2) is 29.6 Å². The highest BCUT2D eigenvalue weighted by Gasteiger charge is 2.29. The molecule has 30 heavy (non-hydrogen) atoms. The first-order valence-corrected chi connectivity index (χ1v) is 12.0. The van der Waals surface area contributed by atoms with Gasteiger partial charge in [-0.2, -0.15) is 11.3 Å². The third kappa shape index (κ3) is 4.88. The second-order valence-electron chi connectivity index (χ2n) is 8.08. The molecule has 9 heteroatoms. The summed E-state index contributed by atoms with van der Waals surface area (Å²) in [5, 5.41) is 15.9. The molecule has 0 saturated carbocycles. The van der Waals surface area contributed by atoms with Gasteiger partial charge in [0, 0.05) is 28.2 Å². The summed E-state index contributed by atoms with van der Waals surface area (Å²) < 4.78 is 28.0. The lowest BCUT2D eigenvalue weighted by Crippen LogP contribution is -2.44. The summed E-state index contributed by atoms with van der Waals surface area (Å²) in [7, 11) is -3.89. The van der Waals surface area contributed by atoms with E-state index in [2.05, 4.69) is 5.32 Å². The van der Waals surface area contributed by atoms with Crippen LogP contribution in [0.4, 0.5) is 4.79 Å². The molecule has 1 aromatic carbocycles. The third-order valence-corrected chi connectivity index (χ3v) is 7.38. The highest BCUT2D eigenvalue weighted by atomic mass is 35.5. The predicted molar refractivity (Wildman–Crippen MR) is 120 cm³/mol. The highest BCUT2D eigenvalue weighted by Crippen LogP contribution is 2.31. The second-order valence-corrected chi connectivity index (χ2v) is 11.1. The molecule has 0 spiro atoms. The summed E-state index contributed by atoms with van der Waals surface area (Å²) in [5.41, 5.74) is 1.66. The molecular weight excluding hydrogens is 444 g/mol. The van der Waals surface area contributed by atoms with Crippen molar-refractivity contribution in [1.29, 1.82) is 0 Å². The number of nitrogens with zero attached hydrogens (tertiary/aromatic N) is 1. The molecule has 1 unspecified atom stereocenters. The van der Waals surface area contributed by atoms with Gasteiger partial charge >= 0.3 is 6.09 Å². The number of halogens is 1. The lowest BCUT2D eigenvalue weighted by atomic mass is 9.83. The molecule has 1 amide bonds. The van der Waals surface area contributed by atoms with Gasteiger partial charge in [-0.05, 0) is 53.1 Å². The Balaban J connectivity index is 2.10. The Morgan fingerprint density at radius 3 is 2.57 bits per heavy atom. The molecule has 2 heterocycles. The van der Waals surface area contributed by atoms with Gasteiger partial charge in [-0.3, -0.25) is 0 Å². The van der Waals surface area contributed by atoms with Crippen molar-refractivity contribution in [2.75, 3.05) is 0 Å². The van der Waals surface area contributed by atoms with E-state index in [1.54, 1.807) is 24.4 Å². The first-order valence-electron chi connectivity index (χ1n) is 9.23. The number of benzene rings is 1. The van der Waals surface area contributed by atoms with Crippen LogP contribution in [0.25, 0.3) is 11.3 Å². The molecule has 3 rings (SSSR count). The van der Waals surface area contributed by atoms with Gasteiger partial charge in [-0.15, -0.1) is 0 Å². The van der Waals surface area contributed by atoms with Gasteiger partial charge in [0.2, 0.25) is 0 Å². The van der Waals surface area contributed by atoms with Crippen LogP contribution in [-0.2, 0) is 16.4 Å². The molecule has 1 atom stereocenters. The normalized spacial score (nSPS) is 13.2. The maximum atomic E-state index is 13.4. The van der Waals surface area contributed by atoms with Crippen LogP contribution in [0.3, 0.4) is 0 Å². The zero-order chi connectivity index (χ0) is 22.1. The maximum absolute atomic E-state index is 13.4. The summed E-state index contributed by atoms with van der Waals surface area (Å²) in [6, 6.07) is 9.38. The largest absolute Gasteiger partial charge is 0.465 e. The smallest absolute Gasteiger partial charge is 0.404 e. The summed E-state index contributed by atoms with van der Waals surface area (Å²) in [4.78, 5) is 11.3. The van der Waals surface area contributed by atoms with Crippen molar-refractivity contribution in [3.05, 3.63) is 63.9 Å². The van der Waals surface area contributed by atoms with E-state index in [1.807, 2.05) is 37.6 Å². The average Bonchev–Trinajstić information content (AvgIpc) is 3.29. The van der Waals surface area contributed by atoms with Gasteiger partial charge in [0.25, 0.3) is 10.0 Å². The van der Waals surface area contributed by atoms with Crippen LogP contribution in [0, 0.1) is 5.41 Å². The lowest BCUT2D eigenvalue weighted by molar-refractivity contribution is 0.174. The van der Waals surface area contributed by atoms with Crippen molar-refractivity contribution in [2.45, 2.75) is 38.1 Å². The minimum atomic E-state index is -3.89. The number of aromatic nitrogens is 1. The lowest BCUT2D eigenvalue weighted by Gasteiger charge is -2.30. The van der Waals surface area contributed by atoms with Gasteiger partial charge in [0.05, 0.1) is 10.6 Å². The highest BCUT2D eigenvalue weighted by molar-refractivity contribution is 7.90. The average molecular weight is 467 g/mol. The number of thiophene rings is 1. The van der Waals surface area contributed by atoms with Crippen molar-refractivity contribution >= 4 is 39.1 Å². The summed E-state index contributed by atoms with van der Waals surface area (Å²) in [6.45, 7) is 5.81. The number of nitrogens with one attached hydrogen (secondary N) is 1. The van der Waals surface area contributed by atoms with E-state index in [0.717, 1.165) is 11.1 Å². The van der Waals surface area contributed by atoms with Gasteiger partial charge in [-0.25, -0.2) is 17.2 Å². The fourth-order valence-corrected chi connectivity index (χ4v) is 5.48. The Bertz CT molecular complexity index is 1150. The number of carbonyl (C=O) groups is 1. The molecule has 0 aliphatic carbocycles. The zero-order valence-corrected chi connectivity index (χ0v) is 19.2. The molecule has 2 N–H and O–H groups in total. The van der Waals surface area contributed by atoms with E-state index in [9.17, 15) is 18.3 Å². The van der Waals surface area contributed by atoms with Crippen molar-refractivity contribution < 1.29 is 18.3 Å². The third-order valence-electron chi connectivity index (χ3n) is 4.80. The number of amides is 1. The minimum Gasteiger partial charge on any atom is -0.465 e. The molecule has 2 aromatic heterocycles. The molecule has 0 aliphatic rings. The van der Waals surface area contributed by atoms with E-state index in [4.69, 9.17) is 11.6 Å². The Labute approximate surface area is 185 Å². The van der Waals surface area contributed by atoms with E-state index in [-0.39, 0.29) is 10.3 Å². The van der Waals surface area contributed by atoms with E-state index >= 15 is 0 Å². The molecular formula is C21H23ClN2O4S2. The molecule has 6 nitrogen and oxygen atoms in total. The summed E-state index contributed by atoms with van der Waals surface area (Å²) >= 11 is 7.48. The predicted octanol–water partition coefficient (Wildman–Crippen LogP) is 5.33. The van der Waals surface area contributed by atoms with Gasteiger partial charge in [-0.1, -0.05) is 38.4 Å². The molecule has 0 bridgehead atoms. The van der Waals surface area contributed by atoms with Crippen molar-refractivity contribution in [2.24, 2.45) is 5.41 Å². The number of carboxylic acid groups (broad SMARTS) is 1. The first-order chi connectivity index (χ1) is 14.0. The quantitative estimate of drug-likeness (QED) is 0.513. The maximum Gasteiger partial charge on any atom is 0.404 e. The summed E-state index contributed by atoms with van der Waals surface area (Å²) in [6.07, 6.45) is 0.801. The zero-order valence-electron chi connectivity index (χ0n) is 16.8. The van der Waals surface area contributed by atoms with Crippen molar-refractivity contribution in [3.8, 4) is 11.3 Å². The van der Waals surface area contributed by atoms with Crippen LogP contribution in [0.5, 0.6) is 0 Å². The van der Waals surface area contributed by atoms with Crippen LogP contribution < -0.4 is 5.32 Å². The van der Waals surface area contributed by atoms with Gasteiger partial charge < -0.3 is 10.4 Å². The SMILES string of the molecule is CC(C)(C)C(Cc1cc(-c2ccsc2)n(S(=O)(=O)c2cccc(Cl)c2)c1)NC(=O)O. The molecule has 3 aromatic rings. The fourth-order valence-electron chi connectivity index (χ4n) is 3.13. The minimum absolute atomic E-state index is 0.0876. The fraction of sp³-hybridized carbons (Fsp3) is 0.286. The molecule has 0 fully saturated rings. The van der Waals surface area contributed by atoms with Crippen LogP contribution >= 0.6 is 22.9 Å². The van der Waals surface area contributed by atoms with Crippen molar-refractivity contribution in [1.82, 2.24) is 9.29 Å². The Morgan fingerprint density at radius 2 is 2.00 bits per heavy atom. The first kappa shape index (κ1) is 22.4. The summed E-state index contributed by atoms with van der Waals surface area (Å²) in [5.74, 6) is 0. The van der Waals surface area contributed by atoms with Crippen LogP contribution in [0.2, 0.25) is 5.02 Å². The standard InChI is InChI=1S/C21H23ClN2O4S2/c1-21(2,3)19(23-20(25)26)10-14-9-18(15-7-8-29-13-15)24(12-14)30(27,28)17-6-4-5-16(22)11-17/h4-9,11-13,19,23H,10H2,1-3H3,(H,25,26). The molecule has 160 valence electrons. The molecule has 0 aliphatic heterocycles. The van der Waals surface area contributed by atoms with Gasteiger partial charge in [0.1, 0.15) is 0 Å². The van der Waals surface area contributed by atoms with Crippen LogP contribution in [0.1, 0.15) is 26.3 Å². The van der Waals surface area contributed by atoms with Gasteiger partial charge in [0.15, 0.2) is 0 Å². The van der Waals surface area contributed by atoms with E-state index < -0.39 is 22.2 Å². The van der Waals surface area contributed by atoms with Crippen LogP contribution in [0.15, 0.2) is 58.3 Å². The second kappa shape index (κ2) is 8.45. The Hall–Kier alpha value is -2.29. The number of hydrogen-bond acceptors (Lipinski definition) is 4. The van der Waals surface area contributed by atoms with E-state index in [0.29, 0.717) is 17.1 Å². The monoisotopic (exact) mass is 466 g/mol. The number of rotatable bonds is 6. The Kier molecular flexibility index (Phi) is 6.31. The number of hydrogen-bond donors (Lipinski definition) is 2. The Morgan fingerprint density at radius 1 is 1.27 bits per heavy atom. The molecule has 0 saturated heterocycles. The molecule has 0 radical (unpaired) electrons. The topological polar surface area (TPSA) is 88.4 Å². The van der Waals surface area contributed by atoms with Crippen molar-refractivity contribution in [3.63, 3.8) is 0 Å².